The van der Waals surface area contributed by atoms with Crippen LogP contribution in [0.3, 0.4) is 0 Å². The fraction of sp³-hybridized carbons (Fsp3) is 0.375. The molecule has 0 atom stereocenters. The molecule has 0 saturated heterocycles. The predicted octanol–water partition coefficient (Wildman–Crippen LogP) is 1.23. The number of rotatable bonds is 2. The van der Waals surface area contributed by atoms with Crippen LogP contribution < -0.4 is 5.73 Å². The van der Waals surface area contributed by atoms with Gasteiger partial charge < -0.3 is 5.73 Å². The topological polar surface area (TPSA) is 51.8 Å². The molecule has 64 valence electrons. The second-order valence-electron chi connectivity index (χ2n) is 2.85. The van der Waals surface area contributed by atoms with Crippen molar-refractivity contribution >= 4 is 17.2 Å². The molecule has 1 aromatic rings. The summed E-state index contributed by atoms with van der Waals surface area (Å²) >= 11 is 4.75. The Morgan fingerprint density at radius 3 is 2.42 bits per heavy atom. The van der Waals surface area contributed by atoms with Crippen LogP contribution in [0.2, 0.25) is 0 Å². The summed E-state index contributed by atoms with van der Waals surface area (Å²) in [5, 5.41) is 0. The van der Waals surface area contributed by atoms with E-state index in [0.29, 0.717) is 11.6 Å². The van der Waals surface area contributed by atoms with Gasteiger partial charge in [0.25, 0.3) is 0 Å². The summed E-state index contributed by atoms with van der Waals surface area (Å²) in [4.78, 5) is 8.53. The van der Waals surface area contributed by atoms with Crippen molar-refractivity contribution in [2.75, 3.05) is 0 Å². The second-order valence-corrected chi connectivity index (χ2v) is 3.29. The zero-order chi connectivity index (χ0) is 9.14. The molecule has 0 fully saturated rings. The normalized spacial score (nSPS) is 10.2. The lowest BCUT2D eigenvalue weighted by Crippen LogP contribution is -2.12. The van der Waals surface area contributed by atoms with Crippen molar-refractivity contribution in [1.29, 1.82) is 0 Å². The summed E-state index contributed by atoms with van der Waals surface area (Å²) in [6, 6.07) is 0. The van der Waals surface area contributed by atoms with Gasteiger partial charge >= 0.3 is 0 Å². The third-order valence-corrected chi connectivity index (χ3v) is 1.72. The molecule has 3 nitrogen and oxygen atoms in total. The molecule has 0 bridgehead atoms. The fourth-order valence-electron chi connectivity index (χ4n) is 0.763. The van der Waals surface area contributed by atoms with Crippen molar-refractivity contribution in [1.82, 2.24) is 9.97 Å². The number of nitrogens with two attached hydrogens (primary N) is 1. The van der Waals surface area contributed by atoms with Gasteiger partial charge in [-0.2, -0.15) is 0 Å². The van der Waals surface area contributed by atoms with Gasteiger partial charge in [-0.3, -0.25) is 9.97 Å². The van der Waals surface area contributed by atoms with Crippen molar-refractivity contribution in [2.45, 2.75) is 19.8 Å². The average molecular weight is 181 g/mol. The summed E-state index contributed by atoms with van der Waals surface area (Å²) in [5.41, 5.74) is 6.90. The summed E-state index contributed by atoms with van der Waals surface area (Å²) in [6.07, 6.45) is 3.32. The molecule has 0 amide bonds. The largest absolute Gasteiger partial charge is 0.388 e. The van der Waals surface area contributed by atoms with Crippen LogP contribution in [0.25, 0.3) is 0 Å². The Morgan fingerprint density at radius 2 is 2.08 bits per heavy atom. The summed E-state index contributed by atoms with van der Waals surface area (Å²) in [7, 11) is 0. The lowest BCUT2D eigenvalue weighted by atomic mass is 10.1. The molecule has 1 rings (SSSR count). The Hall–Kier alpha value is -1.03. The maximum atomic E-state index is 5.37. The van der Waals surface area contributed by atoms with Crippen LogP contribution >= 0.6 is 12.2 Å². The van der Waals surface area contributed by atoms with E-state index in [2.05, 4.69) is 23.8 Å². The van der Waals surface area contributed by atoms with Crippen LogP contribution in [-0.4, -0.2) is 15.0 Å². The Bertz CT molecular complexity index is 279. The highest BCUT2D eigenvalue weighted by Gasteiger charge is 2.02. The first-order chi connectivity index (χ1) is 5.61. The first-order valence-corrected chi connectivity index (χ1v) is 4.14. The Labute approximate surface area is 77.0 Å². The van der Waals surface area contributed by atoms with Gasteiger partial charge in [0.15, 0.2) is 0 Å². The molecule has 4 heteroatoms. The average Bonchev–Trinajstić information content (AvgIpc) is 2.04. The van der Waals surface area contributed by atoms with Gasteiger partial charge in [0.2, 0.25) is 0 Å². The van der Waals surface area contributed by atoms with Gasteiger partial charge in [0.1, 0.15) is 10.7 Å². The molecule has 0 aliphatic heterocycles. The highest BCUT2D eigenvalue weighted by molar-refractivity contribution is 7.80. The van der Waals surface area contributed by atoms with E-state index < -0.39 is 0 Å². The van der Waals surface area contributed by atoms with E-state index in [1.165, 1.54) is 0 Å². The molecule has 0 radical (unpaired) electrons. The minimum absolute atomic E-state index is 0.290. The van der Waals surface area contributed by atoms with Crippen LogP contribution in [-0.2, 0) is 0 Å². The Balaban J connectivity index is 2.93. The van der Waals surface area contributed by atoms with Gasteiger partial charge in [-0.25, -0.2) is 0 Å². The van der Waals surface area contributed by atoms with Crippen LogP contribution in [0.4, 0.5) is 0 Å². The zero-order valence-corrected chi connectivity index (χ0v) is 7.93. The molecule has 12 heavy (non-hydrogen) atoms. The monoisotopic (exact) mass is 181 g/mol. The lowest BCUT2D eigenvalue weighted by molar-refractivity contribution is 0.810. The van der Waals surface area contributed by atoms with Gasteiger partial charge in [-0.15, -0.1) is 0 Å². The molecule has 0 aromatic carbocycles. The first kappa shape index (κ1) is 9.06. The SMILES string of the molecule is CC(C)c1cnc(C(N)=S)cn1. The smallest absolute Gasteiger partial charge is 0.124 e. The predicted molar refractivity (Wildman–Crippen MR) is 52.0 cm³/mol. The molecule has 1 aromatic heterocycles. The summed E-state index contributed by atoms with van der Waals surface area (Å²) in [5.74, 6) is 0.387. The minimum Gasteiger partial charge on any atom is -0.388 e. The molecular weight excluding hydrogens is 170 g/mol. The van der Waals surface area contributed by atoms with Gasteiger partial charge in [-0.1, -0.05) is 26.1 Å². The van der Waals surface area contributed by atoms with Crippen molar-refractivity contribution in [3.8, 4) is 0 Å². The zero-order valence-electron chi connectivity index (χ0n) is 7.11. The Kier molecular flexibility index (Phi) is 2.70. The summed E-state index contributed by atoms with van der Waals surface area (Å²) in [6.45, 7) is 4.12. The maximum absolute atomic E-state index is 5.37. The van der Waals surface area contributed by atoms with E-state index in [1.54, 1.807) is 12.4 Å². The minimum atomic E-state index is 0.290. The third-order valence-electron chi connectivity index (χ3n) is 1.52. The second kappa shape index (κ2) is 3.58. The van der Waals surface area contributed by atoms with E-state index in [0.717, 1.165) is 5.69 Å². The van der Waals surface area contributed by atoms with Gasteiger partial charge in [0, 0.05) is 6.20 Å². The lowest BCUT2D eigenvalue weighted by Gasteiger charge is -2.03. The molecule has 0 unspecified atom stereocenters. The molecule has 1 heterocycles. The number of thiocarbonyl (C=S) groups is 1. The van der Waals surface area contributed by atoms with E-state index in [9.17, 15) is 0 Å². The molecule has 0 saturated carbocycles. The molecule has 0 spiro atoms. The third kappa shape index (κ3) is 1.98. The van der Waals surface area contributed by atoms with E-state index in [4.69, 9.17) is 18.0 Å². The van der Waals surface area contributed by atoms with Crippen molar-refractivity contribution in [3.63, 3.8) is 0 Å². The maximum Gasteiger partial charge on any atom is 0.124 e. The van der Waals surface area contributed by atoms with Crippen molar-refractivity contribution in [3.05, 3.63) is 23.8 Å². The van der Waals surface area contributed by atoms with E-state index >= 15 is 0 Å². The molecule has 2 N–H and O–H groups in total. The van der Waals surface area contributed by atoms with Crippen molar-refractivity contribution < 1.29 is 0 Å². The highest BCUT2D eigenvalue weighted by Crippen LogP contribution is 2.08. The standard InChI is InChI=1S/C8H11N3S/c1-5(2)6-3-11-7(4-10-6)8(9)12/h3-5H,1-2H3,(H2,9,12). The van der Waals surface area contributed by atoms with E-state index in [1.807, 2.05) is 0 Å². The van der Waals surface area contributed by atoms with E-state index in [-0.39, 0.29) is 4.99 Å². The van der Waals surface area contributed by atoms with Crippen molar-refractivity contribution in [2.24, 2.45) is 5.73 Å². The van der Waals surface area contributed by atoms with Crippen LogP contribution in [0.5, 0.6) is 0 Å². The molecule has 0 aliphatic rings. The highest BCUT2D eigenvalue weighted by atomic mass is 32.1. The number of hydrogen-bond acceptors (Lipinski definition) is 3. The number of aromatic nitrogens is 2. The number of hydrogen-bond donors (Lipinski definition) is 1. The summed E-state index contributed by atoms with van der Waals surface area (Å²) < 4.78 is 0. The fourth-order valence-corrected chi connectivity index (χ4v) is 0.869. The molecule has 0 aliphatic carbocycles. The number of nitrogens with zero attached hydrogens (tertiary/aromatic N) is 2. The van der Waals surface area contributed by atoms with Crippen LogP contribution in [0.1, 0.15) is 31.2 Å². The quantitative estimate of drug-likeness (QED) is 0.697. The van der Waals surface area contributed by atoms with Gasteiger partial charge in [0.05, 0.1) is 11.9 Å². The Morgan fingerprint density at radius 1 is 1.42 bits per heavy atom. The van der Waals surface area contributed by atoms with Crippen LogP contribution in [0, 0.1) is 0 Å². The van der Waals surface area contributed by atoms with Crippen LogP contribution in [0.15, 0.2) is 12.4 Å². The first-order valence-electron chi connectivity index (χ1n) is 3.73. The van der Waals surface area contributed by atoms with Gasteiger partial charge in [-0.05, 0) is 5.92 Å². The molecular formula is C8H11N3S.